The number of carbonyl (C=O) groups excluding carboxylic acids is 4. The number of benzene rings is 1. The smallest absolute Gasteiger partial charge is 0.353 e. The van der Waals surface area contributed by atoms with E-state index in [1.807, 2.05) is 0 Å². The zero-order valence-corrected chi connectivity index (χ0v) is 17.2. The third-order valence-electron chi connectivity index (χ3n) is 4.45. The zero-order valence-electron chi connectivity index (χ0n) is 17.2. The van der Waals surface area contributed by atoms with E-state index in [2.05, 4.69) is 17.0 Å². The topological polar surface area (TPSA) is 119 Å². The van der Waals surface area contributed by atoms with Crippen LogP contribution < -0.4 is 10.1 Å². The second-order valence-corrected chi connectivity index (χ2v) is 6.89. The number of rotatable bonds is 9. The first-order valence-corrected chi connectivity index (χ1v) is 9.74. The number of Topliss-reactive ketones (excluding diaryl/α,β-unsaturated/α-hetero) is 1. The molecule has 0 amide bonds. The zero-order chi connectivity index (χ0) is 22.3. The fourth-order valence-corrected chi connectivity index (χ4v) is 2.91. The van der Waals surface area contributed by atoms with E-state index in [-0.39, 0.29) is 17.2 Å². The van der Waals surface area contributed by atoms with Crippen molar-refractivity contribution >= 4 is 29.4 Å². The maximum absolute atomic E-state index is 12.0. The van der Waals surface area contributed by atoms with Crippen LogP contribution in [0.15, 0.2) is 46.9 Å². The number of anilines is 1. The minimum Gasteiger partial charge on any atom is -0.506 e. The van der Waals surface area contributed by atoms with Crippen molar-refractivity contribution in [3.05, 3.63) is 46.9 Å². The number of esters is 3. The van der Waals surface area contributed by atoms with Crippen molar-refractivity contribution in [2.75, 3.05) is 5.32 Å². The van der Waals surface area contributed by atoms with Gasteiger partial charge in [-0.2, -0.15) is 0 Å². The van der Waals surface area contributed by atoms with Crippen LogP contribution in [0.25, 0.3) is 0 Å². The van der Waals surface area contributed by atoms with Crippen molar-refractivity contribution in [1.82, 2.24) is 0 Å². The van der Waals surface area contributed by atoms with E-state index in [0.29, 0.717) is 17.9 Å². The molecular formula is C22H25NO7. The maximum Gasteiger partial charge on any atom is 0.353 e. The summed E-state index contributed by atoms with van der Waals surface area (Å²) in [6.45, 7) is 4.68. The Labute approximate surface area is 174 Å². The first-order valence-electron chi connectivity index (χ1n) is 9.74. The van der Waals surface area contributed by atoms with Crippen molar-refractivity contribution < 1.29 is 33.8 Å². The fourth-order valence-electron chi connectivity index (χ4n) is 2.91. The van der Waals surface area contributed by atoms with Crippen molar-refractivity contribution in [2.24, 2.45) is 0 Å². The lowest BCUT2D eigenvalue weighted by atomic mass is 10.0. The minimum atomic E-state index is -1.18. The summed E-state index contributed by atoms with van der Waals surface area (Å²) in [5.41, 5.74) is -0.164. The molecule has 0 aromatic heterocycles. The van der Waals surface area contributed by atoms with Gasteiger partial charge in [0, 0.05) is 17.8 Å². The van der Waals surface area contributed by atoms with Gasteiger partial charge in [0.1, 0.15) is 22.7 Å². The Morgan fingerprint density at radius 2 is 1.70 bits per heavy atom. The van der Waals surface area contributed by atoms with Crippen LogP contribution in [0.5, 0.6) is 5.75 Å². The summed E-state index contributed by atoms with van der Waals surface area (Å²) < 4.78 is 9.82. The molecule has 2 rings (SSSR count). The summed E-state index contributed by atoms with van der Waals surface area (Å²) in [5.74, 6) is -3.58. The van der Waals surface area contributed by atoms with E-state index in [1.165, 1.54) is 6.92 Å². The lowest BCUT2D eigenvalue weighted by molar-refractivity contribution is -0.155. The molecular weight excluding hydrogens is 390 g/mol. The Morgan fingerprint density at radius 1 is 1.03 bits per heavy atom. The standard InChI is InChI=1S/C22H25NO7/c1-4-5-6-7-8-17(25)29-16-11-9-15(10-12-16)23-13(2)18-20(26)19(14(3)24)22(28)30-21(18)27/h9-12,23,26H,4-8H2,1-3H3/b18-13-. The minimum absolute atomic E-state index is 0.185. The van der Waals surface area contributed by atoms with Crippen molar-refractivity contribution in [3.8, 4) is 5.75 Å². The van der Waals surface area contributed by atoms with Crippen LogP contribution in [0.2, 0.25) is 0 Å². The summed E-state index contributed by atoms with van der Waals surface area (Å²) in [7, 11) is 0. The van der Waals surface area contributed by atoms with Gasteiger partial charge in [0.05, 0.1) is 0 Å². The third kappa shape index (κ3) is 5.79. The van der Waals surface area contributed by atoms with E-state index in [0.717, 1.165) is 32.6 Å². The Balaban J connectivity index is 2.09. The number of allylic oxidation sites excluding steroid dienone is 1. The molecule has 0 saturated heterocycles. The molecule has 0 bridgehead atoms. The molecule has 1 heterocycles. The van der Waals surface area contributed by atoms with Crippen LogP contribution in [0.3, 0.4) is 0 Å². The highest BCUT2D eigenvalue weighted by atomic mass is 16.6. The summed E-state index contributed by atoms with van der Waals surface area (Å²) in [4.78, 5) is 47.1. The van der Waals surface area contributed by atoms with Gasteiger partial charge in [-0.05, 0) is 44.5 Å². The van der Waals surface area contributed by atoms with Gasteiger partial charge < -0.3 is 19.9 Å². The number of nitrogens with one attached hydrogen (secondary N) is 1. The van der Waals surface area contributed by atoms with Gasteiger partial charge in [-0.3, -0.25) is 9.59 Å². The summed E-state index contributed by atoms with van der Waals surface area (Å²) in [5, 5.41) is 13.1. The molecule has 30 heavy (non-hydrogen) atoms. The monoisotopic (exact) mass is 415 g/mol. The highest BCUT2D eigenvalue weighted by molar-refractivity contribution is 6.23. The summed E-state index contributed by atoms with van der Waals surface area (Å²) in [6, 6.07) is 6.42. The molecule has 160 valence electrons. The van der Waals surface area contributed by atoms with Gasteiger partial charge in [-0.25, -0.2) is 9.59 Å². The summed E-state index contributed by atoms with van der Waals surface area (Å²) >= 11 is 0. The normalized spacial score (nSPS) is 15.6. The van der Waals surface area contributed by atoms with Crippen LogP contribution in [-0.2, 0) is 23.9 Å². The second kappa shape index (κ2) is 10.4. The van der Waals surface area contributed by atoms with Gasteiger partial charge >= 0.3 is 17.9 Å². The number of cyclic esters (lactones) is 2. The Kier molecular flexibility index (Phi) is 7.91. The molecule has 0 fully saturated rings. The van der Waals surface area contributed by atoms with E-state index in [4.69, 9.17) is 4.74 Å². The van der Waals surface area contributed by atoms with Crippen molar-refractivity contribution in [3.63, 3.8) is 0 Å². The van der Waals surface area contributed by atoms with Gasteiger partial charge in [0.2, 0.25) is 0 Å². The number of carbonyl (C=O) groups is 4. The van der Waals surface area contributed by atoms with E-state index in [1.54, 1.807) is 24.3 Å². The molecule has 1 aromatic rings. The van der Waals surface area contributed by atoms with Gasteiger partial charge in [-0.1, -0.05) is 26.2 Å². The molecule has 1 aliphatic heterocycles. The number of ketones is 1. The number of hydrogen-bond acceptors (Lipinski definition) is 8. The van der Waals surface area contributed by atoms with Crippen LogP contribution in [0.1, 0.15) is 52.9 Å². The predicted octanol–water partition coefficient (Wildman–Crippen LogP) is 3.73. The number of aliphatic hydroxyl groups is 1. The lowest BCUT2D eigenvalue weighted by Crippen LogP contribution is -2.29. The molecule has 8 heteroatoms. The molecule has 1 aliphatic rings. The Morgan fingerprint density at radius 3 is 2.30 bits per heavy atom. The Hall–Kier alpha value is -3.42. The highest BCUT2D eigenvalue weighted by Crippen LogP contribution is 2.26. The molecule has 0 unspecified atom stereocenters. The number of unbranched alkanes of at least 4 members (excludes halogenated alkanes) is 3. The number of ether oxygens (including phenoxy) is 2. The highest BCUT2D eigenvalue weighted by Gasteiger charge is 2.36. The average molecular weight is 415 g/mol. The largest absolute Gasteiger partial charge is 0.506 e. The molecule has 1 aromatic carbocycles. The molecule has 0 aliphatic carbocycles. The van der Waals surface area contributed by atoms with E-state index >= 15 is 0 Å². The molecule has 0 saturated carbocycles. The maximum atomic E-state index is 12.0. The third-order valence-corrected chi connectivity index (χ3v) is 4.45. The van der Waals surface area contributed by atoms with E-state index < -0.39 is 29.1 Å². The van der Waals surface area contributed by atoms with Crippen LogP contribution in [0, 0.1) is 0 Å². The first kappa shape index (κ1) is 22.9. The SMILES string of the molecule is CCCCCCC(=O)Oc1ccc(N/C(C)=C2\C(=O)OC(=O)C(C(C)=O)=C2O)cc1. The molecule has 0 spiro atoms. The summed E-state index contributed by atoms with van der Waals surface area (Å²) in [6.07, 6.45) is 4.32. The first-order chi connectivity index (χ1) is 14.2. The molecule has 2 N–H and O–H groups in total. The fraction of sp³-hybridized carbons (Fsp3) is 0.364. The molecule has 0 atom stereocenters. The number of hydrogen-bond donors (Lipinski definition) is 2. The molecule has 8 nitrogen and oxygen atoms in total. The number of aliphatic hydroxyl groups excluding tert-OH is 1. The van der Waals surface area contributed by atoms with Crippen LogP contribution in [0.4, 0.5) is 5.69 Å². The second-order valence-electron chi connectivity index (χ2n) is 6.89. The van der Waals surface area contributed by atoms with Gasteiger partial charge in [0.15, 0.2) is 5.78 Å². The van der Waals surface area contributed by atoms with E-state index in [9.17, 15) is 24.3 Å². The predicted molar refractivity (Wildman–Crippen MR) is 109 cm³/mol. The van der Waals surface area contributed by atoms with Crippen molar-refractivity contribution in [1.29, 1.82) is 0 Å². The van der Waals surface area contributed by atoms with Crippen molar-refractivity contribution in [2.45, 2.75) is 52.9 Å². The lowest BCUT2D eigenvalue weighted by Gasteiger charge is -2.18. The quantitative estimate of drug-likeness (QED) is 0.156. The molecule has 0 radical (unpaired) electrons. The van der Waals surface area contributed by atoms with Gasteiger partial charge in [-0.15, -0.1) is 0 Å². The van der Waals surface area contributed by atoms with Gasteiger partial charge in [0.25, 0.3) is 0 Å². The van der Waals surface area contributed by atoms with Crippen LogP contribution in [-0.4, -0.2) is 28.8 Å². The van der Waals surface area contributed by atoms with Crippen LogP contribution >= 0.6 is 0 Å². The Bertz CT molecular complexity index is 910. The average Bonchev–Trinajstić information content (AvgIpc) is 2.66.